The minimum Gasteiger partial charge on any atom is -0.400 e. The molecule has 1 saturated heterocycles. The second-order valence-corrected chi connectivity index (χ2v) is 4.38. The molecule has 0 unspecified atom stereocenters. The third kappa shape index (κ3) is 2.59. The number of hydrogen-bond donors (Lipinski definition) is 2. The topological polar surface area (TPSA) is 65.2 Å². The molecule has 0 saturated carbocycles. The molecule has 2 N–H and O–H groups in total. The molecule has 1 aromatic heterocycles. The van der Waals surface area contributed by atoms with Crippen LogP contribution in [0.3, 0.4) is 0 Å². The molecule has 6 nitrogen and oxygen atoms in total. The minimum atomic E-state index is -0.493. The van der Waals surface area contributed by atoms with Crippen molar-refractivity contribution in [1.29, 1.82) is 0 Å². The van der Waals surface area contributed by atoms with Crippen molar-refractivity contribution in [3.8, 4) is 0 Å². The maximum absolute atomic E-state index is 10.5. The first-order chi connectivity index (χ1) is 7.65. The Bertz CT molecular complexity index is 369. The fraction of sp³-hybridized carbons (Fsp3) is 0.600. The molecular weight excluding hydrogens is 210 g/mol. The van der Waals surface area contributed by atoms with Gasteiger partial charge in [0.1, 0.15) is 37.6 Å². The molecule has 0 amide bonds. The molecule has 88 valence electrons. The monoisotopic (exact) mass is 227 g/mol. The summed E-state index contributed by atoms with van der Waals surface area (Å²) < 4.78 is 5.15. The van der Waals surface area contributed by atoms with Gasteiger partial charge in [-0.1, -0.05) is 0 Å². The van der Waals surface area contributed by atoms with E-state index in [1.54, 1.807) is 11.0 Å². The Morgan fingerprint density at radius 2 is 2.06 bits per heavy atom. The van der Waals surface area contributed by atoms with Crippen LogP contribution in [0.1, 0.15) is 5.76 Å². The second-order valence-electron chi connectivity index (χ2n) is 4.38. The molecular formula is C10H17N3O3+2. The van der Waals surface area contributed by atoms with Crippen molar-refractivity contribution in [2.45, 2.75) is 6.54 Å². The largest absolute Gasteiger partial charge is 0.433 e. The molecule has 0 bridgehead atoms. The van der Waals surface area contributed by atoms with Gasteiger partial charge in [-0.25, -0.2) is 0 Å². The van der Waals surface area contributed by atoms with Crippen molar-refractivity contribution >= 4 is 5.88 Å². The van der Waals surface area contributed by atoms with Crippen LogP contribution in [-0.2, 0) is 6.54 Å². The summed E-state index contributed by atoms with van der Waals surface area (Å²) in [6.07, 6.45) is 0. The molecule has 0 atom stereocenters. The molecule has 1 aliphatic heterocycles. The van der Waals surface area contributed by atoms with Gasteiger partial charge in [-0.2, -0.15) is 0 Å². The molecule has 2 heterocycles. The van der Waals surface area contributed by atoms with E-state index in [9.17, 15) is 10.1 Å². The highest BCUT2D eigenvalue weighted by Crippen LogP contribution is 2.14. The molecule has 0 radical (unpaired) electrons. The Morgan fingerprint density at radius 1 is 1.38 bits per heavy atom. The predicted octanol–water partition coefficient (Wildman–Crippen LogP) is -1.90. The van der Waals surface area contributed by atoms with Gasteiger partial charge in [-0.15, -0.1) is 0 Å². The number of nitro groups is 1. The SMILES string of the molecule is C[NH+]1CC[NH+](Cc2ccc([N+](=O)[O-])o2)CC1. The van der Waals surface area contributed by atoms with E-state index < -0.39 is 4.92 Å². The normalized spacial score (nSPS) is 25.6. The lowest BCUT2D eigenvalue weighted by Crippen LogP contribution is -3.26. The molecule has 0 aliphatic carbocycles. The van der Waals surface area contributed by atoms with Gasteiger partial charge in [-0.3, -0.25) is 10.1 Å². The summed E-state index contributed by atoms with van der Waals surface area (Å²) in [5, 5.41) is 10.5. The molecule has 1 fully saturated rings. The average Bonchev–Trinajstić information content (AvgIpc) is 2.70. The number of quaternary nitrogens is 2. The van der Waals surface area contributed by atoms with Crippen LogP contribution in [0.2, 0.25) is 0 Å². The lowest BCUT2D eigenvalue weighted by molar-refractivity contribution is -1.01. The van der Waals surface area contributed by atoms with Crippen molar-refractivity contribution < 1.29 is 19.1 Å². The molecule has 2 rings (SSSR count). The van der Waals surface area contributed by atoms with E-state index in [1.165, 1.54) is 11.0 Å². The summed E-state index contributed by atoms with van der Waals surface area (Å²) in [5.74, 6) is 0.551. The number of hydrogen-bond acceptors (Lipinski definition) is 3. The smallest absolute Gasteiger partial charge is 0.400 e. The number of nitrogens with zero attached hydrogens (tertiary/aromatic N) is 1. The van der Waals surface area contributed by atoms with E-state index in [4.69, 9.17) is 4.42 Å². The van der Waals surface area contributed by atoms with Gasteiger partial charge in [-0.05, 0) is 6.07 Å². The van der Waals surface area contributed by atoms with E-state index in [2.05, 4.69) is 7.05 Å². The van der Waals surface area contributed by atoms with Crippen LogP contribution in [0.25, 0.3) is 0 Å². The highest BCUT2D eigenvalue weighted by atomic mass is 16.6. The van der Waals surface area contributed by atoms with Crippen LogP contribution in [0, 0.1) is 10.1 Å². The summed E-state index contributed by atoms with van der Waals surface area (Å²) >= 11 is 0. The summed E-state index contributed by atoms with van der Waals surface area (Å²) in [7, 11) is 2.19. The Labute approximate surface area is 93.6 Å². The Morgan fingerprint density at radius 3 is 2.62 bits per heavy atom. The first-order valence-electron chi connectivity index (χ1n) is 5.53. The lowest BCUT2D eigenvalue weighted by atomic mass is 10.3. The third-order valence-electron chi connectivity index (χ3n) is 3.06. The van der Waals surface area contributed by atoms with Crippen LogP contribution < -0.4 is 9.80 Å². The molecule has 0 spiro atoms. The molecule has 1 aliphatic rings. The van der Waals surface area contributed by atoms with Crippen molar-refractivity contribution in [3.05, 3.63) is 28.0 Å². The van der Waals surface area contributed by atoms with Crippen LogP contribution in [0.15, 0.2) is 16.5 Å². The van der Waals surface area contributed by atoms with Crippen LogP contribution in [0.4, 0.5) is 5.88 Å². The Balaban J connectivity index is 1.91. The lowest BCUT2D eigenvalue weighted by Gasteiger charge is -2.26. The third-order valence-corrected chi connectivity index (χ3v) is 3.06. The fourth-order valence-electron chi connectivity index (χ4n) is 2.01. The molecule has 0 aromatic carbocycles. The highest BCUT2D eigenvalue weighted by molar-refractivity contribution is 5.17. The van der Waals surface area contributed by atoms with Crippen molar-refractivity contribution in [3.63, 3.8) is 0 Å². The molecule has 6 heteroatoms. The van der Waals surface area contributed by atoms with Crippen LogP contribution >= 0.6 is 0 Å². The Hall–Kier alpha value is -1.40. The number of piperazine rings is 1. The van der Waals surface area contributed by atoms with Gasteiger partial charge in [0, 0.05) is 0 Å². The average molecular weight is 227 g/mol. The van der Waals surface area contributed by atoms with Crippen molar-refractivity contribution in [1.82, 2.24) is 0 Å². The molecule has 1 aromatic rings. The number of rotatable bonds is 3. The van der Waals surface area contributed by atoms with Gasteiger partial charge in [0.15, 0.2) is 5.76 Å². The minimum absolute atomic E-state index is 0.158. The van der Waals surface area contributed by atoms with Gasteiger partial charge in [0.25, 0.3) is 0 Å². The van der Waals surface area contributed by atoms with Gasteiger partial charge in [0.05, 0.1) is 13.1 Å². The zero-order valence-corrected chi connectivity index (χ0v) is 9.36. The number of furan rings is 1. The van der Waals surface area contributed by atoms with E-state index >= 15 is 0 Å². The van der Waals surface area contributed by atoms with E-state index in [0.717, 1.165) is 32.7 Å². The van der Waals surface area contributed by atoms with E-state index in [-0.39, 0.29) is 5.88 Å². The summed E-state index contributed by atoms with van der Waals surface area (Å²) in [6.45, 7) is 5.25. The highest BCUT2D eigenvalue weighted by Gasteiger charge is 2.22. The fourth-order valence-corrected chi connectivity index (χ4v) is 2.01. The number of nitrogens with one attached hydrogen (secondary N) is 2. The van der Waals surface area contributed by atoms with Gasteiger partial charge < -0.3 is 14.2 Å². The second kappa shape index (κ2) is 4.63. The van der Waals surface area contributed by atoms with E-state index in [1.807, 2.05) is 0 Å². The maximum atomic E-state index is 10.5. The summed E-state index contributed by atoms with van der Waals surface area (Å²) in [6, 6.07) is 3.13. The Kier molecular flexibility index (Phi) is 3.21. The summed E-state index contributed by atoms with van der Waals surface area (Å²) in [4.78, 5) is 12.9. The maximum Gasteiger partial charge on any atom is 0.433 e. The zero-order chi connectivity index (χ0) is 11.5. The first kappa shape index (κ1) is 11.1. The molecule has 16 heavy (non-hydrogen) atoms. The standard InChI is InChI=1S/C10H15N3O3/c1-11-4-6-12(7-5-11)8-9-2-3-10(16-9)13(14)15/h2-3H,4-8H2,1H3/p+2. The zero-order valence-electron chi connectivity index (χ0n) is 9.36. The van der Waals surface area contributed by atoms with Crippen LogP contribution in [0.5, 0.6) is 0 Å². The van der Waals surface area contributed by atoms with Crippen molar-refractivity contribution in [2.24, 2.45) is 0 Å². The predicted molar refractivity (Wildman–Crippen MR) is 56.4 cm³/mol. The van der Waals surface area contributed by atoms with Gasteiger partial charge >= 0.3 is 5.88 Å². The number of likely N-dealkylation sites (N-methyl/N-ethyl adjacent to an activating group) is 1. The first-order valence-corrected chi connectivity index (χ1v) is 5.53. The quantitative estimate of drug-likeness (QED) is 0.468. The van der Waals surface area contributed by atoms with Crippen molar-refractivity contribution in [2.75, 3.05) is 33.2 Å². The van der Waals surface area contributed by atoms with E-state index in [0.29, 0.717) is 5.76 Å². The summed E-state index contributed by atoms with van der Waals surface area (Å²) in [5.41, 5.74) is 0. The van der Waals surface area contributed by atoms with Gasteiger partial charge in [0.2, 0.25) is 0 Å². The van der Waals surface area contributed by atoms with Crippen LogP contribution in [-0.4, -0.2) is 38.2 Å².